The van der Waals surface area contributed by atoms with Gasteiger partial charge in [-0.3, -0.25) is 0 Å². The number of phenols is 1. The van der Waals surface area contributed by atoms with E-state index in [1.807, 2.05) is 19.0 Å². The number of nitroso groups, excluding NO2 is 1. The van der Waals surface area contributed by atoms with E-state index in [4.69, 9.17) is 0 Å². The fourth-order valence-electron chi connectivity index (χ4n) is 0.867. The van der Waals surface area contributed by atoms with Gasteiger partial charge in [-0.2, -0.15) is 0 Å². The number of benzene rings is 1. The standard InChI is InChI=1S/C8H10N2O2.ClH/c1-10(2)6-3-4-7(9-12)8(11)5-6;/h3-5,11H,1-2H3;1H. The van der Waals surface area contributed by atoms with Crippen LogP contribution in [0.4, 0.5) is 11.4 Å². The summed E-state index contributed by atoms with van der Waals surface area (Å²) >= 11 is 0. The van der Waals surface area contributed by atoms with E-state index in [0.29, 0.717) is 0 Å². The fourth-order valence-corrected chi connectivity index (χ4v) is 0.867. The third-order valence-corrected chi connectivity index (χ3v) is 1.57. The van der Waals surface area contributed by atoms with Gasteiger partial charge in [0.1, 0.15) is 11.4 Å². The molecule has 0 aliphatic carbocycles. The molecule has 13 heavy (non-hydrogen) atoms. The summed E-state index contributed by atoms with van der Waals surface area (Å²) in [6.07, 6.45) is 0. The van der Waals surface area contributed by atoms with Gasteiger partial charge in [-0.15, -0.1) is 17.3 Å². The zero-order chi connectivity index (χ0) is 9.14. The van der Waals surface area contributed by atoms with E-state index in [1.54, 1.807) is 6.07 Å². The van der Waals surface area contributed by atoms with Crippen LogP contribution in [-0.2, 0) is 0 Å². The Kier molecular flexibility index (Phi) is 4.20. The maximum absolute atomic E-state index is 10.1. The normalized spacial score (nSPS) is 8.77. The van der Waals surface area contributed by atoms with Crippen LogP contribution >= 0.6 is 12.4 Å². The molecular weight excluding hydrogens is 192 g/mol. The SMILES string of the molecule is CN(C)c1ccc(N=O)c(O)c1.Cl. The van der Waals surface area contributed by atoms with E-state index in [9.17, 15) is 10.0 Å². The van der Waals surface area contributed by atoms with Gasteiger partial charge in [-0.05, 0) is 17.3 Å². The lowest BCUT2D eigenvalue weighted by Crippen LogP contribution is -2.07. The molecule has 0 fully saturated rings. The van der Waals surface area contributed by atoms with Gasteiger partial charge in [0, 0.05) is 25.8 Å². The molecule has 0 saturated heterocycles. The van der Waals surface area contributed by atoms with E-state index in [0.717, 1.165) is 5.69 Å². The number of rotatable bonds is 2. The molecular formula is C8H11ClN2O2. The first-order valence-corrected chi connectivity index (χ1v) is 3.49. The van der Waals surface area contributed by atoms with Gasteiger partial charge >= 0.3 is 0 Å². The summed E-state index contributed by atoms with van der Waals surface area (Å²) in [5.74, 6) is -0.0869. The van der Waals surface area contributed by atoms with Gasteiger partial charge in [-0.1, -0.05) is 0 Å². The highest BCUT2D eigenvalue weighted by atomic mass is 35.5. The molecule has 4 nitrogen and oxygen atoms in total. The fraction of sp³-hybridized carbons (Fsp3) is 0.250. The van der Waals surface area contributed by atoms with Gasteiger partial charge in [0.15, 0.2) is 0 Å². The van der Waals surface area contributed by atoms with Gasteiger partial charge in [0.25, 0.3) is 0 Å². The van der Waals surface area contributed by atoms with Crippen molar-refractivity contribution in [3.63, 3.8) is 0 Å². The van der Waals surface area contributed by atoms with Crippen molar-refractivity contribution in [2.24, 2.45) is 5.18 Å². The van der Waals surface area contributed by atoms with Crippen LogP contribution in [0, 0.1) is 4.91 Å². The van der Waals surface area contributed by atoms with E-state index in [2.05, 4.69) is 5.18 Å². The molecule has 0 bridgehead atoms. The Morgan fingerprint density at radius 1 is 1.38 bits per heavy atom. The Bertz CT molecular complexity index is 302. The van der Waals surface area contributed by atoms with E-state index in [1.165, 1.54) is 12.1 Å². The Balaban J connectivity index is 0.00000144. The molecule has 0 aromatic heterocycles. The van der Waals surface area contributed by atoms with Gasteiger partial charge in [-0.25, -0.2) is 0 Å². The van der Waals surface area contributed by atoms with Crippen LogP contribution in [0.3, 0.4) is 0 Å². The first-order chi connectivity index (χ1) is 5.65. The van der Waals surface area contributed by atoms with Crippen molar-refractivity contribution >= 4 is 23.8 Å². The molecule has 0 radical (unpaired) electrons. The van der Waals surface area contributed by atoms with Crippen LogP contribution in [0.25, 0.3) is 0 Å². The first kappa shape index (κ1) is 11.7. The van der Waals surface area contributed by atoms with Crippen molar-refractivity contribution in [1.29, 1.82) is 0 Å². The number of hydrogen-bond acceptors (Lipinski definition) is 4. The van der Waals surface area contributed by atoms with Crippen LogP contribution in [0.1, 0.15) is 0 Å². The molecule has 1 rings (SSSR count). The highest BCUT2D eigenvalue weighted by Gasteiger charge is 2.02. The monoisotopic (exact) mass is 202 g/mol. The number of halogens is 1. The van der Waals surface area contributed by atoms with Crippen molar-refractivity contribution in [3.05, 3.63) is 23.1 Å². The molecule has 1 N–H and O–H groups in total. The van der Waals surface area contributed by atoms with E-state index >= 15 is 0 Å². The summed E-state index contributed by atoms with van der Waals surface area (Å²) in [6, 6.07) is 4.70. The van der Waals surface area contributed by atoms with Crippen molar-refractivity contribution in [3.8, 4) is 5.75 Å². The van der Waals surface area contributed by atoms with Crippen LogP contribution in [0.5, 0.6) is 5.75 Å². The lowest BCUT2D eigenvalue weighted by atomic mass is 10.2. The zero-order valence-corrected chi connectivity index (χ0v) is 8.21. The molecule has 1 aromatic carbocycles. The molecule has 0 unspecified atom stereocenters. The summed E-state index contributed by atoms with van der Waals surface area (Å²) in [4.78, 5) is 11.9. The average molecular weight is 203 g/mol. The Labute approximate surface area is 82.6 Å². The van der Waals surface area contributed by atoms with E-state index in [-0.39, 0.29) is 23.8 Å². The van der Waals surface area contributed by atoms with Crippen LogP contribution in [0.15, 0.2) is 23.4 Å². The smallest absolute Gasteiger partial charge is 0.149 e. The van der Waals surface area contributed by atoms with E-state index < -0.39 is 0 Å². The largest absolute Gasteiger partial charge is 0.505 e. The minimum absolute atomic E-state index is 0. The topological polar surface area (TPSA) is 52.9 Å². The predicted molar refractivity (Wildman–Crippen MR) is 55.1 cm³/mol. The number of anilines is 1. The Morgan fingerprint density at radius 3 is 2.38 bits per heavy atom. The zero-order valence-electron chi connectivity index (χ0n) is 7.39. The quantitative estimate of drug-likeness (QED) is 0.749. The minimum Gasteiger partial charge on any atom is -0.505 e. The second kappa shape index (κ2) is 4.67. The Morgan fingerprint density at radius 2 is 2.00 bits per heavy atom. The molecule has 5 heteroatoms. The van der Waals surface area contributed by atoms with Crippen LogP contribution in [-0.4, -0.2) is 19.2 Å². The molecule has 0 saturated carbocycles. The number of nitrogens with zero attached hydrogens (tertiary/aromatic N) is 2. The molecule has 72 valence electrons. The molecule has 0 amide bonds. The average Bonchev–Trinajstić information content (AvgIpc) is 2.04. The number of hydrogen-bond donors (Lipinski definition) is 1. The van der Waals surface area contributed by atoms with Crippen molar-refractivity contribution in [2.45, 2.75) is 0 Å². The second-order valence-electron chi connectivity index (χ2n) is 2.66. The van der Waals surface area contributed by atoms with Gasteiger partial charge < -0.3 is 10.0 Å². The summed E-state index contributed by atoms with van der Waals surface area (Å²) in [6.45, 7) is 0. The summed E-state index contributed by atoms with van der Waals surface area (Å²) in [7, 11) is 3.70. The minimum atomic E-state index is -0.0869. The first-order valence-electron chi connectivity index (χ1n) is 3.49. The maximum Gasteiger partial charge on any atom is 0.149 e. The molecule has 0 heterocycles. The molecule has 0 atom stereocenters. The Hall–Kier alpha value is -1.29. The third-order valence-electron chi connectivity index (χ3n) is 1.57. The van der Waals surface area contributed by atoms with Crippen molar-refractivity contribution in [2.75, 3.05) is 19.0 Å². The van der Waals surface area contributed by atoms with Gasteiger partial charge in [0.2, 0.25) is 0 Å². The van der Waals surface area contributed by atoms with Crippen LogP contribution < -0.4 is 4.90 Å². The van der Waals surface area contributed by atoms with Crippen LogP contribution in [0.2, 0.25) is 0 Å². The maximum atomic E-state index is 10.1. The summed E-state index contributed by atoms with van der Waals surface area (Å²) < 4.78 is 0. The highest BCUT2D eigenvalue weighted by molar-refractivity contribution is 5.85. The number of phenolic OH excluding ortho intramolecular Hbond substituents is 1. The lowest BCUT2D eigenvalue weighted by molar-refractivity contribution is 0.477. The molecule has 1 aromatic rings. The summed E-state index contributed by atoms with van der Waals surface area (Å²) in [5.41, 5.74) is 0.903. The highest BCUT2D eigenvalue weighted by Crippen LogP contribution is 2.29. The number of aromatic hydroxyl groups is 1. The lowest BCUT2D eigenvalue weighted by Gasteiger charge is -2.12. The molecule has 0 aliphatic rings. The predicted octanol–water partition coefficient (Wildman–Crippen LogP) is 2.28. The van der Waals surface area contributed by atoms with Crippen molar-refractivity contribution in [1.82, 2.24) is 0 Å². The molecule has 0 aliphatic heterocycles. The van der Waals surface area contributed by atoms with Gasteiger partial charge in [0.05, 0.1) is 0 Å². The second-order valence-corrected chi connectivity index (χ2v) is 2.66. The van der Waals surface area contributed by atoms with Crippen molar-refractivity contribution < 1.29 is 5.11 Å². The summed E-state index contributed by atoms with van der Waals surface area (Å²) in [5, 5.41) is 11.9. The third kappa shape index (κ3) is 2.59. The molecule has 0 spiro atoms.